The van der Waals surface area contributed by atoms with Crippen LogP contribution >= 0.6 is 23.7 Å². The summed E-state index contributed by atoms with van der Waals surface area (Å²) in [7, 11) is 0. The van der Waals surface area contributed by atoms with Crippen LogP contribution in [0.15, 0.2) is 36.1 Å². The number of aromatic nitrogens is 3. The average molecular weight is 372 g/mol. The fraction of sp³-hybridized carbons (Fsp3) is 0.500. The van der Waals surface area contributed by atoms with Crippen LogP contribution in [-0.2, 0) is 5.41 Å². The van der Waals surface area contributed by atoms with Crippen molar-refractivity contribution in [3.05, 3.63) is 41.8 Å². The first-order chi connectivity index (χ1) is 11.8. The number of halogens is 1. The second-order valence-electron chi connectivity index (χ2n) is 8.34. The summed E-state index contributed by atoms with van der Waals surface area (Å²) in [5, 5.41) is 2.21. The maximum Gasteiger partial charge on any atom is 0.194 e. The molecule has 0 N–H and O–H groups in total. The topological polar surface area (TPSA) is 30.2 Å². The van der Waals surface area contributed by atoms with E-state index in [0.29, 0.717) is 5.41 Å². The van der Waals surface area contributed by atoms with Crippen LogP contribution in [0, 0.1) is 17.8 Å². The van der Waals surface area contributed by atoms with Crippen LogP contribution in [0.3, 0.4) is 0 Å². The first kappa shape index (κ1) is 15.8. The number of hydrogen-bond donors (Lipinski definition) is 0. The summed E-state index contributed by atoms with van der Waals surface area (Å²) in [5.74, 6) is 2.90. The molecule has 4 bridgehead atoms. The van der Waals surface area contributed by atoms with Crippen LogP contribution in [0.25, 0.3) is 16.2 Å². The van der Waals surface area contributed by atoms with Crippen LogP contribution in [0.4, 0.5) is 0 Å². The van der Waals surface area contributed by atoms with Gasteiger partial charge in [-0.15, -0.1) is 23.7 Å². The lowest BCUT2D eigenvalue weighted by Gasteiger charge is -2.56. The van der Waals surface area contributed by atoms with E-state index in [-0.39, 0.29) is 12.4 Å². The number of rotatable bonds is 2. The number of nitrogens with zero attached hydrogens (tertiary/aromatic N) is 3. The van der Waals surface area contributed by atoms with Crippen LogP contribution in [0.5, 0.6) is 0 Å². The van der Waals surface area contributed by atoms with E-state index in [1.54, 1.807) is 11.3 Å². The van der Waals surface area contributed by atoms with Crippen molar-refractivity contribution in [1.82, 2.24) is 14.4 Å². The van der Waals surface area contributed by atoms with Crippen LogP contribution in [-0.4, -0.2) is 14.4 Å². The van der Waals surface area contributed by atoms with Gasteiger partial charge in [0, 0.05) is 34.9 Å². The SMILES string of the molecule is Cl.c1cncc(-c2csc3nc(C45CC6CC(CC(C6)C4)C5)cn23)c1. The lowest BCUT2D eigenvalue weighted by atomic mass is 9.49. The van der Waals surface area contributed by atoms with Crippen molar-refractivity contribution in [2.75, 3.05) is 0 Å². The summed E-state index contributed by atoms with van der Waals surface area (Å²) in [4.78, 5) is 10.5. The van der Waals surface area contributed by atoms with Crippen molar-refractivity contribution in [2.45, 2.75) is 43.9 Å². The lowest BCUT2D eigenvalue weighted by molar-refractivity contribution is -0.00696. The quantitative estimate of drug-likeness (QED) is 0.608. The number of imidazole rings is 1. The van der Waals surface area contributed by atoms with E-state index in [9.17, 15) is 0 Å². The molecule has 4 saturated carbocycles. The van der Waals surface area contributed by atoms with Crippen molar-refractivity contribution in [1.29, 1.82) is 0 Å². The van der Waals surface area contributed by atoms with Crippen molar-refractivity contribution in [2.24, 2.45) is 17.8 Å². The maximum absolute atomic E-state index is 5.11. The van der Waals surface area contributed by atoms with Crippen molar-refractivity contribution in [3.63, 3.8) is 0 Å². The van der Waals surface area contributed by atoms with E-state index in [1.165, 1.54) is 55.5 Å². The molecular formula is C20H22ClN3S. The Kier molecular flexibility index (Phi) is 3.52. The van der Waals surface area contributed by atoms with Gasteiger partial charge < -0.3 is 0 Å². The molecule has 4 aliphatic rings. The molecule has 0 amide bonds. The van der Waals surface area contributed by atoms with Gasteiger partial charge in [-0.2, -0.15) is 0 Å². The summed E-state index contributed by atoms with van der Waals surface area (Å²) in [6, 6.07) is 4.15. The number of pyridine rings is 1. The highest BCUT2D eigenvalue weighted by molar-refractivity contribution is 7.15. The molecule has 130 valence electrons. The standard InChI is InChI=1S/C20H21N3S.ClH/c1-2-16(10-21-3-1)17-12-24-19-22-18(11-23(17)19)20-7-13-4-14(8-20)6-15(5-13)9-20;/h1-3,10-15H,4-9H2;1H. The molecule has 3 nitrogen and oxygen atoms in total. The molecule has 4 fully saturated rings. The second kappa shape index (κ2) is 5.55. The second-order valence-corrected chi connectivity index (χ2v) is 9.18. The Morgan fingerprint density at radius 1 is 1.08 bits per heavy atom. The minimum absolute atomic E-state index is 0. The van der Waals surface area contributed by atoms with Crippen LogP contribution in [0.2, 0.25) is 0 Å². The molecule has 0 saturated heterocycles. The van der Waals surface area contributed by atoms with E-state index in [4.69, 9.17) is 4.98 Å². The number of thiazole rings is 1. The summed E-state index contributed by atoms with van der Waals surface area (Å²) in [6.45, 7) is 0. The molecule has 0 radical (unpaired) electrons. The first-order valence-corrected chi connectivity index (χ1v) is 10.0. The molecule has 25 heavy (non-hydrogen) atoms. The van der Waals surface area contributed by atoms with Crippen molar-refractivity contribution in [3.8, 4) is 11.3 Å². The Hall–Kier alpha value is -1.39. The van der Waals surface area contributed by atoms with Crippen LogP contribution < -0.4 is 0 Å². The highest BCUT2D eigenvalue weighted by atomic mass is 35.5. The molecule has 0 unspecified atom stereocenters. The van der Waals surface area contributed by atoms with Gasteiger partial charge in [0.05, 0.1) is 11.4 Å². The average Bonchev–Trinajstić information content (AvgIpc) is 3.15. The van der Waals surface area contributed by atoms with Crippen molar-refractivity contribution < 1.29 is 0 Å². The summed E-state index contributed by atoms with van der Waals surface area (Å²) in [6.07, 6.45) is 14.7. The lowest BCUT2D eigenvalue weighted by Crippen LogP contribution is -2.48. The summed E-state index contributed by atoms with van der Waals surface area (Å²) >= 11 is 1.76. The Balaban J connectivity index is 0.00000140. The molecule has 4 aliphatic carbocycles. The van der Waals surface area contributed by atoms with Gasteiger partial charge in [-0.1, -0.05) is 0 Å². The molecule has 3 heterocycles. The molecule has 3 aromatic rings. The fourth-order valence-corrected chi connectivity index (χ4v) is 7.07. The van der Waals surface area contributed by atoms with E-state index in [2.05, 4.69) is 27.0 Å². The van der Waals surface area contributed by atoms with E-state index in [0.717, 1.165) is 22.7 Å². The summed E-state index contributed by atoms with van der Waals surface area (Å²) < 4.78 is 2.30. The summed E-state index contributed by atoms with van der Waals surface area (Å²) in [5.41, 5.74) is 4.16. The van der Waals surface area contributed by atoms with E-state index in [1.807, 2.05) is 18.5 Å². The van der Waals surface area contributed by atoms with Crippen molar-refractivity contribution >= 4 is 28.7 Å². The molecule has 0 aromatic carbocycles. The number of fused-ring (bicyclic) bond motifs is 1. The number of hydrogen-bond acceptors (Lipinski definition) is 3. The van der Waals surface area contributed by atoms with Crippen LogP contribution in [0.1, 0.15) is 44.2 Å². The van der Waals surface area contributed by atoms with Gasteiger partial charge in [-0.3, -0.25) is 9.38 Å². The molecule has 0 spiro atoms. The highest BCUT2D eigenvalue weighted by Gasteiger charge is 2.52. The molecule has 0 atom stereocenters. The Morgan fingerprint density at radius 3 is 2.44 bits per heavy atom. The molecule has 0 aliphatic heterocycles. The zero-order chi connectivity index (χ0) is 15.7. The van der Waals surface area contributed by atoms with Gasteiger partial charge in [0.1, 0.15) is 0 Å². The zero-order valence-corrected chi connectivity index (χ0v) is 15.7. The monoisotopic (exact) mass is 371 g/mol. The molecular weight excluding hydrogens is 350 g/mol. The van der Waals surface area contributed by atoms with E-state index < -0.39 is 0 Å². The van der Waals surface area contributed by atoms with Gasteiger partial charge in [-0.25, -0.2) is 4.98 Å². The Morgan fingerprint density at radius 2 is 1.80 bits per heavy atom. The third-order valence-electron chi connectivity index (χ3n) is 6.75. The van der Waals surface area contributed by atoms with Gasteiger partial charge in [0.25, 0.3) is 0 Å². The highest BCUT2D eigenvalue weighted by Crippen LogP contribution is 2.60. The van der Waals surface area contributed by atoms with E-state index >= 15 is 0 Å². The molecule has 7 rings (SSSR count). The molecule has 3 aromatic heterocycles. The largest absolute Gasteiger partial charge is 0.290 e. The first-order valence-electron chi connectivity index (χ1n) is 9.17. The third-order valence-corrected chi connectivity index (χ3v) is 7.59. The Labute approximate surface area is 157 Å². The predicted molar refractivity (Wildman–Crippen MR) is 103 cm³/mol. The maximum atomic E-state index is 5.11. The zero-order valence-electron chi connectivity index (χ0n) is 14.1. The predicted octanol–water partition coefficient (Wildman–Crippen LogP) is 5.35. The fourth-order valence-electron chi connectivity index (χ4n) is 6.19. The smallest absolute Gasteiger partial charge is 0.194 e. The minimum Gasteiger partial charge on any atom is -0.290 e. The van der Waals surface area contributed by atoms with Gasteiger partial charge in [0.2, 0.25) is 0 Å². The Bertz CT molecular complexity index is 878. The van der Waals surface area contributed by atoms with Gasteiger partial charge >= 0.3 is 0 Å². The van der Waals surface area contributed by atoms with Gasteiger partial charge in [-0.05, 0) is 68.4 Å². The minimum atomic E-state index is 0. The molecule has 5 heteroatoms. The van der Waals surface area contributed by atoms with Gasteiger partial charge in [0.15, 0.2) is 4.96 Å². The normalized spacial score (nSPS) is 32.9. The third kappa shape index (κ3) is 2.30.